The van der Waals surface area contributed by atoms with Crippen LogP contribution in [0.3, 0.4) is 0 Å². The molecule has 1 fully saturated rings. The summed E-state index contributed by atoms with van der Waals surface area (Å²) in [6.07, 6.45) is 1.23. The van der Waals surface area contributed by atoms with Gasteiger partial charge in [-0.05, 0) is 13.0 Å². The molecule has 100 valence electrons. The normalized spacial score (nSPS) is 21.9. The lowest BCUT2D eigenvalue weighted by Crippen LogP contribution is -2.44. The van der Waals surface area contributed by atoms with E-state index in [1.165, 1.54) is 10.5 Å². The lowest BCUT2D eigenvalue weighted by molar-refractivity contribution is 0.0691. The van der Waals surface area contributed by atoms with Crippen molar-refractivity contribution in [1.29, 1.82) is 0 Å². The Bertz CT molecular complexity index is 552. The SMILES string of the molecule is CC1CSCCN1S(=O)(=O)c1c[nH]c(C(=O)O)c1. The summed E-state index contributed by atoms with van der Waals surface area (Å²) in [5.74, 6) is 0.355. The van der Waals surface area contributed by atoms with E-state index in [9.17, 15) is 13.2 Å². The first-order chi connectivity index (χ1) is 8.43. The number of hydrogen-bond donors (Lipinski definition) is 2. The van der Waals surface area contributed by atoms with Gasteiger partial charge in [-0.25, -0.2) is 13.2 Å². The largest absolute Gasteiger partial charge is 0.477 e. The zero-order valence-corrected chi connectivity index (χ0v) is 11.4. The maximum absolute atomic E-state index is 12.3. The molecule has 1 atom stereocenters. The van der Waals surface area contributed by atoms with Gasteiger partial charge in [0.2, 0.25) is 10.0 Å². The number of aromatic amines is 1. The summed E-state index contributed by atoms with van der Waals surface area (Å²) >= 11 is 1.72. The van der Waals surface area contributed by atoms with Crippen molar-refractivity contribution in [1.82, 2.24) is 9.29 Å². The van der Waals surface area contributed by atoms with Gasteiger partial charge in [0, 0.05) is 30.3 Å². The van der Waals surface area contributed by atoms with Gasteiger partial charge in [0.25, 0.3) is 0 Å². The predicted octanol–water partition coefficient (Wildman–Crippen LogP) is 0.839. The molecule has 2 N–H and O–H groups in total. The van der Waals surface area contributed by atoms with Gasteiger partial charge in [-0.2, -0.15) is 16.1 Å². The summed E-state index contributed by atoms with van der Waals surface area (Å²) in [5, 5.41) is 8.78. The first-order valence-corrected chi connectivity index (χ1v) is 8.03. The lowest BCUT2D eigenvalue weighted by Gasteiger charge is -2.31. The number of thioether (sulfide) groups is 1. The average Bonchev–Trinajstić information content (AvgIpc) is 2.79. The van der Waals surface area contributed by atoms with E-state index in [4.69, 9.17) is 5.11 Å². The van der Waals surface area contributed by atoms with E-state index in [0.29, 0.717) is 6.54 Å². The van der Waals surface area contributed by atoms with E-state index in [1.807, 2.05) is 6.92 Å². The van der Waals surface area contributed by atoms with Crippen LogP contribution in [-0.2, 0) is 10.0 Å². The molecule has 0 radical (unpaired) electrons. The number of aromatic carboxylic acids is 1. The third-order valence-corrected chi connectivity index (χ3v) is 5.98. The molecule has 1 aromatic heterocycles. The second-order valence-electron chi connectivity index (χ2n) is 4.09. The Balaban J connectivity index is 2.31. The number of sulfonamides is 1. The van der Waals surface area contributed by atoms with Crippen LogP contribution >= 0.6 is 11.8 Å². The van der Waals surface area contributed by atoms with Crippen LogP contribution in [-0.4, -0.2) is 52.9 Å². The lowest BCUT2D eigenvalue weighted by atomic mass is 10.4. The molecule has 0 aromatic carbocycles. The number of carboxylic acids is 1. The Hall–Kier alpha value is -0.990. The monoisotopic (exact) mass is 290 g/mol. The van der Waals surface area contributed by atoms with Crippen molar-refractivity contribution in [2.75, 3.05) is 18.1 Å². The smallest absolute Gasteiger partial charge is 0.352 e. The highest BCUT2D eigenvalue weighted by Gasteiger charge is 2.32. The Kier molecular flexibility index (Phi) is 3.69. The Morgan fingerprint density at radius 2 is 2.33 bits per heavy atom. The molecule has 18 heavy (non-hydrogen) atoms. The number of rotatable bonds is 3. The Morgan fingerprint density at radius 1 is 1.61 bits per heavy atom. The minimum Gasteiger partial charge on any atom is -0.477 e. The van der Waals surface area contributed by atoms with Gasteiger partial charge in [-0.1, -0.05) is 0 Å². The van der Waals surface area contributed by atoms with E-state index in [0.717, 1.165) is 17.6 Å². The summed E-state index contributed by atoms with van der Waals surface area (Å²) in [7, 11) is -3.60. The van der Waals surface area contributed by atoms with Crippen molar-refractivity contribution in [3.8, 4) is 0 Å². The van der Waals surface area contributed by atoms with Gasteiger partial charge < -0.3 is 10.1 Å². The van der Waals surface area contributed by atoms with Crippen LogP contribution in [0.25, 0.3) is 0 Å². The van der Waals surface area contributed by atoms with E-state index in [1.54, 1.807) is 11.8 Å². The minimum absolute atomic E-state index is 0.0126. The number of H-pyrrole nitrogens is 1. The van der Waals surface area contributed by atoms with Gasteiger partial charge in [0.15, 0.2) is 0 Å². The molecule has 1 aliphatic rings. The summed E-state index contributed by atoms with van der Waals surface area (Å²) in [4.78, 5) is 13.2. The number of nitrogens with one attached hydrogen (secondary N) is 1. The summed E-state index contributed by atoms with van der Waals surface area (Å²) in [6, 6.07) is 1.09. The van der Waals surface area contributed by atoms with Crippen LogP contribution in [0, 0.1) is 0 Å². The van der Waals surface area contributed by atoms with Gasteiger partial charge in [0.1, 0.15) is 10.6 Å². The van der Waals surface area contributed by atoms with Crippen LogP contribution in [0.4, 0.5) is 0 Å². The van der Waals surface area contributed by atoms with Crippen molar-refractivity contribution in [2.24, 2.45) is 0 Å². The Morgan fingerprint density at radius 3 is 2.89 bits per heavy atom. The molecule has 1 aromatic rings. The fraction of sp³-hybridized carbons (Fsp3) is 0.500. The van der Waals surface area contributed by atoms with Crippen molar-refractivity contribution in [3.05, 3.63) is 18.0 Å². The highest BCUT2D eigenvalue weighted by Crippen LogP contribution is 2.24. The number of carboxylic acid groups (broad SMARTS) is 1. The number of aromatic nitrogens is 1. The number of hydrogen-bond acceptors (Lipinski definition) is 4. The van der Waals surface area contributed by atoms with Crippen LogP contribution in [0.2, 0.25) is 0 Å². The highest BCUT2D eigenvalue weighted by molar-refractivity contribution is 7.99. The molecule has 2 heterocycles. The molecule has 0 bridgehead atoms. The quantitative estimate of drug-likeness (QED) is 0.861. The van der Waals surface area contributed by atoms with Crippen LogP contribution in [0.1, 0.15) is 17.4 Å². The van der Waals surface area contributed by atoms with E-state index < -0.39 is 16.0 Å². The van der Waals surface area contributed by atoms with Gasteiger partial charge >= 0.3 is 5.97 Å². The van der Waals surface area contributed by atoms with E-state index in [-0.39, 0.29) is 16.6 Å². The fourth-order valence-corrected chi connectivity index (χ4v) is 4.70. The first kappa shape index (κ1) is 13.4. The summed E-state index contributed by atoms with van der Waals surface area (Å²) in [5.41, 5.74) is -0.118. The molecule has 0 amide bonds. The third-order valence-electron chi connectivity index (χ3n) is 2.80. The van der Waals surface area contributed by atoms with Crippen molar-refractivity contribution in [3.63, 3.8) is 0 Å². The molecular formula is C10H14N2O4S2. The number of carbonyl (C=O) groups is 1. The maximum atomic E-state index is 12.3. The predicted molar refractivity (Wildman–Crippen MR) is 68.4 cm³/mol. The van der Waals surface area contributed by atoms with Crippen LogP contribution in [0.5, 0.6) is 0 Å². The fourth-order valence-electron chi connectivity index (χ4n) is 1.85. The minimum atomic E-state index is -3.60. The number of nitrogens with zero attached hydrogens (tertiary/aromatic N) is 1. The Labute approximate surface area is 109 Å². The van der Waals surface area contributed by atoms with Gasteiger partial charge in [-0.15, -0.1) is 0 Å². The molecule has 2 rings (SSSR count). The van der Waals surface area contributed by atoms with E-state index in [2.05, 4.69) is 4.98 Å². The first-order valence-electron chi connectivity index (χ1n) is 5.44. The van der Waals surface area contributed by atoms with Crippen LogP contribution < -0.4 is 0 Å². The average molecular weight is 290 g/mol. The topological polar surface area (TPSA) is 90.5 Å². The van der Waals surface area contributed by atoms with Gasteiger partial charge in [-0.3, -0.25) is 0 Å². The standard InChI is InChI=1S/C10H14N2O4S2/c1-7-6-17-3-2-12(7)18(15,16)8-4-9(10(13)14)11-5-8/h4-5,7,11H,2-3,6H2,1H3,(H,13,14). The summed E-state index contributed by atoms with van der Waals surface area (Å²) < 4.78 is 26.1. The van der Waals surface area contributed by atoms with Crippen molar-refractivity contribution in [2.45, 2.75) is 17.9 Å². The maximum Gasteiger partial charge on any atom is 0.352 e. The second kappa shape index (κ2) is 4.94. The second-order valence-corrected chi connectivity index (χ2v) is 7.13. The molecule has 1 unspecified atom stereocenters. The highest BCUT2D eigenvalue weighted by atomic mass is 32.2. The molecule has 0 aliphatic carbocycles. The molecular weight excluding hydrogens is 276 g/mol. The van der Waals surface area contributed by atoms with Crippen molar-refractivity contribution < 1.29 is 18.3 Å². The molecule has 1 saturated heterocycles. The molecule has 6 nitrogen and oxygen atoms in total. The molecule has 8 heteroatoms. The zero-order valence-electron chi connectivity index (χ0n) is 9.79. The molecule has 0 spiro atoms. The van der Waals surface area contributed by atoms with Crippen molar-refractivity contribution >= 4 is 27.8 Å². The van der Waals surface area contributed by atoms with E-state index >= 15 is 0 Å². The third kappa shape index (κ3) is 2.40. The van der Waals surface area contributed by atoms with Gasteiger partial charge in [0.05, 0.1) is 0 Å². The molecule has 1 aliphatic heterocycles. The van der Waals surface area contributed by atoms with Crippen LogP contribution in [0.15, 0.2) is 17.2 Å². The summed E-state index contributed by atoms with van der Waals surface area (Å²) in [6.45, 7) is 2.32. The molecule has 0 saturated carbocycles. The zero-order chi connectivity index (χ0) is 13.3.